The van der Waals surface area contributed by atoms with Gasteiger partial charge in [-0.1, -0.05) is 35.3 Å². The second kappa shape index (κ2) is 6.01. The molecule has 4 nitrogen and oxygen atoms in total. The van der Waals surface area contributed by atoms with Crippen molar-refractivity contribution in [3.63, 3.8) is 0 Å². The molecule has 106 valence electrons. The SMILES string of the molecule is Nc1ccc(CNS(=O)(=O)c2ccc(Cl)c(Cl)c2)cc1. The number of benzene rings is 2. The van der Waals surface area contributed by atoms with Crippen LogP contribution in [-0.2, 0) is 16.6 Å². The molecular weight excluding hydrogens is 319 g/mol. The molecule has 0 heterocycles. The molecule has 2 aromatic carbocycles. The van der Waals surface area contributed by atoms with E-state index >= 15 is 0 Å². The number of rotatable bonds is 4. The molecule has 0 radical (unpaired) electrons. The van der Waals surface area contributed by atoms with Crippen LogP contribution in [0, 0.1) is 0 Å². The fourth-order valence-corrected chi connectivity index (χ4v) is 2.95. The Balaban J connectivity index is 2.14. The number of hydrogen-bond acceptors (Lipinski definition) is 3. The summed E-state index contributed by atoms with van der Waals surface area (Å²) in [6.45, 7) is 0.170. The molecule has 0 bridgehead atoms. The average Bonchev–Trinajstić information content (AvgIpc) is 2.41. The Bertz CT molecular complexity index is 716. The molecular formula is C13H12Cl2N2O2S. The third kappa shape index (κ3) is 3.64. The van der Waals surface area contributed by atoms with E-state index in [1.807, 2.05) is 0 Å². The van der Waals surface area contributed by atoms with Crippen LogP contribution in [0.15, 0.2) is 47.4 Å². The van der Waals surface area contributed by atoms with Crippen LogP contribution in [0.5, 0.6) is 0 Å². The fraction of sp³-hybridized carbons (Fsp3) is 0.0769. The third-order valence-corrected chi connectivity index (χ3v) is 4.79. The van der Waals surface area contributed by atoms with Gasteiger partial charge in [-0.3, -0.25) is 0 Å². The Morgan fingerprint density at radius 2 is 1.65 bits per heavy atom. The van der Waals surface area contributed by atoms with Gasteiger partial charge in [0.15, 0.2) is 0 Å². The van der Waals surface area contributed by atoms with E-state index < -0.39 is 10.0 Å². The molecule has 0 spiro atoms. The highest BCUT2D eigenvalue weighted by Gasteiger charge is 2.15. The molecule has 20 heavy (non-hydrogen) atoms. The quantitative estimate of drug-likeness (QED) is 0.846. The second-order valence-electron chi connectivity index (χ2n) is 4.14. The lowest BCUT2D eigenvalue weighted by atomic mass is 10.2. The zero-order valence-corrected chi connectivity index (χ0v) is 12.6. The first-order valence-electron chi connectivity index (χ1n) is 5.67. The Hall–Kier alpha value is -1.27. The minimum atomic E-state index is -3.63. The summed E-state index contributed by atoms with van der Waals surface area (Å²) in [5.41, 5.74) is 7.00. The first-order valence-corrected chi connectivity index (χ1v) is 7.91. The van der Waals surface area contributed by atoms with Crippen molar-refractivity contribution < 1.29 is 8.42 Å². The molecule has 0 unspecified atom stereocenters. The monoisotopic (exact) mass is 330 g/mol. The van der Waals surface area contributed by atoms with Crippen molar-refractivity contribution in [1.82, 2.24) is 4.72 Å². The van der Waals surface area contributed by atoms with E-state index in [2.05, 4.69) is 4.72 Å². The van der Waals surface area contributed by atoms with Crippen LogP contribution >= 0.6 is 23.2 Å². The molecule has 2 rings (SSSR count). The van der Waals surface area contributed by atoms with Crippen molar-refractivity contribution in [2.45, 2.75) is 11.4 Å². The Morgan fingerprint density at radius 1 is 1.00 bits per heavy atom. The lowest BCUT2D eigenvalue weighted by Gasteiger charge is -2.08. The van der Waals surface area contributed by atoms with Crippen molar-refractivity contribution >= 4 is 38.9 Å². The number of hydrogen-bond donors (Lipinski definition) is 2. The van der Waals surface area contributed by atoms with Crippen LogP contribution in [0.25, 0.3) is 0 Å². The minimum absolute atomic E-state index is 0.0716. The standard InChI is InChI=1S/C13H12Cl2N2O2S/c14-12-6-5-11(7-13(12)15)20(18,19)17-8-9-1-3-10(16)4-2-9/h1-7,17H,8,16H2. The Labute approximate surface area is 127 Å². The highest BCUT2D eigenvalue weighted by Crippen LogP contribution is 2.24. The van der Waals surface area contributed by atoms with Crippen molar-refractivity contribution in [1.29, 1.82) is 0 Å². The summed E-state index contributed by atoms with van der Waals surface area (Å²) in [5, 5.41) is 0.506. The minimum Gasteiger partial charge on any atom is -0.399 e. The van der Waals surface area contributed by atoms with Gasteiger partial charge in [0.25, 0.3) is 0 Å². The lowest BCUT2D eigenvalue weighted by Crippen LogP contribution is -2.23. The van der Waals surface area contributed by atoms with Crippen LogP contribution in [0.3, 0.4) is 0 Å². The molecule has 0 atom stereocenters. The van der Waals surface area contributed by atoms with E-state index in [0.717, 1.165) is 5.56 Å². The zero-order chi connectivity index (χ0) is 14.8. The van der Waals surface area contributed by atoms with E-state index in [1.54, 1.807) is 24.3 Å². The Kier molecular flexibility index (Phi) is 4.55. The summed E-state index contributed by atoms with van der Waals surface area (Å²) in [7, 11) is -3.63. The molecule has 0 aliphatic carbocycles. The van der Waals surface area contributed by atoms with Crippen molar-refractivity contribution in [3.05, 3.63) is 58.1 Å². The molecule has 0 saturated heterocycles. The van der Waals surface area contributed by atoms with E-state index in [1.165, 1.54) is 18.2 Å². The first kappa shape index (κ1) is 15.1. The number of nitrogens with two attached hydrogens (primary N) is 1. The van der Waals surface area contributed by atoms with Gasteiger partial charge in [0.05, 0.1) is 14.9 Å². The van der Waals surface area contributed by atoms with E-state index in [4.69, 9.17) is 28.9 Å². The van der Waals surface area contributed by atoms with Crippen LogP contribution in [0.2, 0.25) is 10.0 Å². The summed E-state index contributed by atoms with van der Waals surface area (Å²) in [6.07, 6.45) is 0. The van der Waals surface area contributed by atoms with Crippen molar-refractivity contribution in [3.8, 4) is 0 Å². The first-order chi connectivity index (χ1) is 9.38. The van der Waals surface area contributed by atoms with Gasteiger partial charge in [-0.25, -0.2) is 13.1 Å². The van der Waals surface area contributed by atoms with Crippen LogP contribution in [0.4, 0.5) is 5.69 Å². The highest BCUT2D eigenvalue weighted by atomic mass is 35.5. The van der Waals surface area contributed by atoms with Gasteiger partial charge in [0, 0.05) is 12.2 Å². The summed E-state index contributed by atoms with van der Waals surface area (Å²) in [5.74, 6) is 0. The van der Waals surface area contributed by atoms with Crippen molar-refractivity contribution in [2.75, 3.05) is 5.73 Å². The molecule has 3 N–H and O–H groups in total. The van der Waals surface area contributed by atoms with Gasteiger partial charge in [-0.2, -0.15) is 0 Å². The van der Waals surface area contributed by atoms with Crippen LogP contribution in [0.1, 0.15) is 5.56 Å². The molecule has 0 fully saturated rings. The maximum Gasteiger partial charge on any atom is 0.240 e. The molecule has 0 aliphatic heterocycles. The number of halogens is 2. The normalized spacial score (nSPS) is 11.5. The summed E-state index contributed by atoms with van der Waals surface area (Å²) in [4.78, 5) is 0.0716. The molecule has 2 aromatic rings. The van der Waals surface area contributed by atoms with Crippen LogP contribution in [-0.4, -0.2) is 8.42 Å². The van der Waals surface area contributed by atoms with Gasteiger partial charge in [0.1, 0.15) is 0 Å². The topological polar surface area (TPSA) is 72.2 Å². The van der Waals surface area contributed by atoms with Gasteiger partial charge in [0.2, 0.25) is 10.0 Å². The van der Waals surface area contributed by atoms with Gasteiger partial charge in [-0.05, 0) is 35.9 Å². The smallest absolute Gasteiger partial charge is 0.240 e. The molecule has 0 amide bonds. The van der Waals surface area contributed by atoms with Gasteiger partial charge >= 0.3 is 0 Å². The number of anilines is 1. The highest BCUT2D eigenvalue weighted by molar-refractivity contribution is 7.89. The maximum atomic E-state index is 12.1. The van der Waals surface area contributed by atoms with Gasteiger partial charge in [-0.15, -0.1) is 0 Å². The average molecular weight is 331 g/mol. The molecule has 0 saturated carbocycles. The van der Waals surface area contributed by atoms with E-state index in [0.29, 0.717) is 10.7 Å². The Morgan fingerprint density at radius 3 is 2.25 bits per heavy atom. The molecule has 0 aliphatic rings. The zero-order valence-electron chi connectivity index (χ0n) is 10.3. The fourth-order valence-electron chi connectivity index (χ4n) is 1.54. The number of sulfonamides is 1. The largest absolute Gasteiger partial charge is 0.399 e. The summed E-state index contributed by atoms with van der Waals surface area (Å²) in [6, 6.07) is 11.1. The maximum absolute atomic E-state index is 12.1. The molecule has 7 heteroatoms. The van der Waals surface area contributed by atoms with Crippen molar-refractivity contribution in [2.24, 2.45) is 0 Å². The lowest BCUT2D eigenvalue weighted by molar-refractivity contribution is 0.581. The molecule has 0 aromatic heterocycles. The van der Waals surface area contributed by atoms with Gasteiger partial charge < -0.3 is 5.73 Å². The summed E-state index contributed by atoms with van der Waals surface area (Å²) >= 11 is 11.6. The van der Waals surface area contributed by atoms with E-state index in [-0.39, 0.29) is 16.5 Å². The number of nitrogens with one attached hydrogen (secondary N) is 1. The van der Waals surface area contributed by atoms with Crippen LogP contribution < -0.4 is 10.5 Å². The van der Waals surface area contributed by atoms with E-state index in [9.17, 15) is 8.42 Å². The number of nitrogen functional groups attached to an aromatic ring is 1. The summed E-state index contributed by atoms with van der Waals surface area (Å²) < 4.78 is 26.7. The third-order valence-electron chi connectivity index (χ3n) is 2.65. The predicted molar refractivity (Wildman–Crippen MR) is 81.3 cm³/mol. The predicted octanol–water partition coefficient (Wildman–Crippen LogP) is 3.05. The second-order valence-corrected chi connectivity index (χ2v) is 6.72.